The summed E-state index contributed by atoms with van der Waals surface area (Å²) in [6.45, 7) is 0. The predicted molar refractivity (Wildman–Crippen MR) is 78.9 cm³/mol. The van der Waals surface area contributed by atoms with Crippen LogP contribution in [0.15, 0.2) is 59.5 Å². The molecule has 2 aromatic rings. The van der Waals surface area contributed by atoms with Crippen molar-refractivity contribution in [2.45, 2.75) is 4.90 Å². The highest BCUT2D eigenvalue weighted by Crippen LogP contribution is 2.18. The summed E-state index contributed by atoms with van der Waals surface area (Å²) in [4.78, 5) is 22.8. The van der Waals surface area contributed by atoms with Gasteiger partial charge in [0.25, 0.3) is 5.69 Å². The molecular formula is C14H12N2O3S. The molecule has 0 atom stereocenters. The van der Waals surface area contributed by atoms with Gasteiger partial charge in [-0.15, -0.1) is 11.8 Å². The van der Waals surface area contributed by atoms with Gasteiger partial charge >= 0.3 is 0 Å². The quantitative estimate of drug-likeness (QED) is 0.520. The first-order valence-corrected chi connectivity index (χ1v) is 6.86. The van der Waals surface area contributed by atoms with Gasteiger partial charge in [0.1, 0.15) is 0 Å². The van der Waals surface area contributed by atoms with Gasteiger partial charge in [-0.25, -0.2) is 0 Å². The number of nitro groups is 1. The minimum Gasteiger partial charge on any atom is -0.325 e. The molecule has 0 heterocycles. The maximum atomic E-state index is 11.7. The number of non-ortho nitro benzene ring substituents is 1. The van der Waals surface area contributed by atoms with Crippen LogP contribution in [0.25, 0.3) is 0 Å². The first-order chi connectivity index (χ1) is 9.65. The Morgan fingerprint density at radius 1 is 1.10 bits per heavy atom. The molecule has 1 N–H and O–H groups in total. The van der Waals surface area contributed by atoms with Crippen molar-refractivity contribution in [2.24, 2.45) is 0 Å². The molecule has 2 aromatic carbocycles. The molecule has 2 rings (SSSR count). The van der Waals surface area contributed by atoms with Crippen LogP contribution in [0.5, 0.6) is 0 Å². The van der Waals surface area contributed by atoms with Crippen LogP contribution in [0, 0.1) is 10.1 Å². The molecule has 102 valence electrons. The van der Waals surface area contributed by atoms with E-state index in [1.165, 1.54) is 36.0 Å². The van der Waals surface area contributed by atoms with Gasteiger partial charge in [-0.05, 0) is 24.3 Å². The molecule has 6 heteroatoms. The van der Waals surface area contributed by atoms with Gasteiger partial charge in [-0.3, -0.25) is 14.9 Å². The summed E-state index contributed by atoms with van der Waals surface area (Å²) in [6.07, 6.45) is 0. The first kappa shape index (κ1) is 14.1. The molecule has 0 radical (unpaired) electrons. The lowest BCUT2D eigenvalue weighted by Crippen LogP contribution is -2.13. The zero-order valence-corrected chi connectivity index (χ0v) is 11.3. The molecule has 0 spiro atoms. The van der Waals surface area contributed by atoms with E-state index in [1.54, 1.807) is 0 Å². The Morgan fingerprint density at radius 3 is 2.35 bits per heavy atom. The summed E-state index contributed by atoms with van der Waals surface area (Å²) in [5.41, 5.74) is 0.552. The summed E-state index contributed by atoms with van der Waals surface area (Å²) in [7, 11) is 0. The molecule has 0 bridgehead atoms. The standard InChI is InChI=1S/C14H12N2O3S/c17-14(10-20-13-4-2-1-3-5-13)15-11-6-8-12(9-7-11)16(18)19/h1-9H,10H2,(H,15,17). The lowest BCUT2D eigenvalue weighted by Gasteiger charge is -2.04. The molecule has 0 fully saturated rings. The first-order valence-electron chi connectivity index (χ1n) is 5.87. The van der Waals surface area contributed by atoms with E-state index in [9.17, 15) is 14.9 Å². The zero-order chi connectivity index (χ0) is 14.4. The topological polar surface area (TPSA) is 72.2 Å². The molecular weight excluding hydrogens is 276 g/mol. The minimum absolute atomic E-state index is 0.00154. The van der Waals surface area contributed by atoms with Crippen LogP contribution in [0.3, 0.4) is 0 Å². The summed E-state index contributed by atoms with van der Waals surface area (Å²) < 4.78 is 0. The highest BCUT2D eigenvalue weighted by atomic mass is 32.2. The van der Waals surface area contributed by atoms with Crippen LogP contribution >= 0.6 is 11.8 Å². The van der Waals surface area contributed by atoms with Crippen molar-refractivity contribution in [3.63, 3.8) is 0 Å². The smallest absolute Gasteiger partial charge is 0.269 e. The van der Waals surface area contributed by atoms with Crippen molar-refractivity contribution in [2.75, 3.05) is 11.1 Å². The number of hydrogen-bond donors (Lipinski definition) is 1. The third-order valence-electron chi connectivity index (χ3n) is 2.48. The molecule has 0 aliphatic rings. The number of benzene rings is 2. The van der Waals surface area contributed by atoms with Crippen LogP contribution in [0.4, 0.5) is 11.4 Å². The molecule has 1 amide bonds. The van der Waals surface area contributed by atoms with E-state index in [2.05, 4.69) is 5.32 Å². The summed E-state index contributed by atoms with van der Waals surface area (Å²) in [6, 6.07) is 15.4. The van der Waals surface area contributed by atoms with Gasteiger partial charge in [-0.1, -0.05) is 18.2 Å². The van der Waals surface area contributed by atoms with Gasteiger partial charge < -0.3 is 5.32 Å². The second-order valence-corrected chi connectivity index (χ2v) is 5.00. The number of hydrogen-bond acceptors (Lipinski definition) is 4. The van der Waals surface area contributed by atoms with E-state index in [-0.39, 0.29) is 11.6 Å². The number of thioether (sulfide) groups is 1. The van der Waals surface area contributed by atoms with Crippen molar-refractivity contribution < 1.29 is 9.72 Å². The third-order valence-corrected chi connectivity index (χ3v) is 3.49. The van der Waals surface area contributed by atoms with Crippen LogP contribution in [0.2, 0.25) is 0 Å². The van der Waals surface area contributed by atoms with Gasteiger partial charge in [0.05, 0.1) is 10.7 Å². The van der Waals surface area contributed by atoms with Gasteiger partial charge in [0.2, 0.25) is 5.91 Å². The minimum atomic E-state index is -0.475. The average molecular weight is 288 g/mol. The van der Waals surface area contributed by atoms with Crippen molar-refractivity contribution in [3.05, 3.63) is 64.7 Å². The Kier molecular flexibility index (Phi) is 4.73. The third kappa shape index (κ3) is 4.10. The molecule has 0 aromatic heterocycles. The lowest BCUT2D eigenvalue weighted by molar-refractivity contribution is -0.384. The zero-order valence-electron chi connectivity index (χ0n) is 10.5. The fourth-order valence-corrected chi connectivity index (χ4v) is 2.25. The van der Waals surface area contributed by atoms with E-state index in [1.807, 2.05) is 30.3 Å². The lowest BCUT2D eigenvalue weighted by atomic mass is 10.3. The second-order valence-electron chi connectivity index (χ2n) is 3.95. The maximum Gasteiger partial charge on any atom is 0.269 e. The molecule has 5 nitrogen and oxygen atoms in total. The second kappa shape index (κ2) is 6.72. The summed E-state index contributed by atoms with van der Waals surface area (Å²) >= 11 is 1.44. The fourth-order valence-electron chi connectivity index (χ4n) is 1.53. The highest BCUT2D eigenvalue weighted by molar-refractivity contribution is 8.00. The van der Waals surface area contributed by atoms with Crippen LogP contribution in [-0.4, -0.2) is 16.6 Å². The fraction of sp³-hybridized carbons (Fsp3) is 0.0714. The van der Waals surface area contributed by atoms with Crippen LogP contribution in [-0.2, 0) is 4.79 Å². The van der Waals surface area contributed by atoms with E-state index in [0.717, 1.165) is 4.90 Å². The largest absolute Gasteiger partial charge is 0.325 e. The highest BCUT2D eigenvalue weighted by Gasteiger charge is 2.06. The summed E-state index contributed by atoms with van der Waals surface area (Å²) in [5.74, 6) is 0.147. The number of nitrogens with zero attached hydrogens (tertiary/aromatic N) is 1. The number of anilines is 1. The Hall–Kier alpha value is -2.34. The Bertz CT molecular complexity index is 600. The molecule has 0 aliphatic carbocycles. The molecule has 0 saturated carbocycles. The maximum absolute atomic E-state index is 11.7. The number of rotatable bonds is 5. The van der Waals surface area contributed by atoms with Gasteiger partial charge in [-0.2, -0.15) is 0 Å². The van der Waals surface area contributed by atoms with Crippen molar-refractivity contribution in [1.82, 2.24) is 0 Å². The normalized spacial score (nSPS) is 10.0. The van der Waals surface area contributed by atoms with Gasteiger partial charge in [0.15, 0.2) is 0 Å². The van der Waals surface area contributed by atoms with E-state index < -0.39 is 4.92 Å². The SMILES string of the molecule is O=C(CSc1ccccc1)Nc1ccc([N+](=O)[O-])cc1. The molecule has 0 aliphatic heterocycles. The van der Waals surface area contributed by atoms with Crippen LogP contribution in [0.1, 0.15) is 0 Å². The molecule has 20 heavy (non-hydrogen) atoms. The Balaban J connectivity index is 1.86. The van der Waals surface area contributed by atoms with E-state index >= 15 is 0 Å². The van der Waals surface area contributed by atoms with Crippen molar-refractivity contribution in [3.8, 4) is 0 Å². The number of nitro benzene ring substituents is 1. The van der Waals surface area contributed by atoms with E-state index in [4.69, 9.17) is 0 Å². The Morgan fingerprint density at radius 2 is 1.75 bits per heavy atom. The van der Waals surface area contributed by atoms with Crippen LogP contribution < -0.4 is 5.32 Å². The van der Waals surface area contributed by atoms with Crippen molar-refractivity contribution in [1.29, 1.82) is 0 Å². The Labute approximate surface area is 120 Å². The predicted octanol–water partition coefficient (Wildman–Crippen LogP) is 3.33. The molecule has 0 saturated heterocycles. The number of nitrogens with one attached hydrogen (secondary N) is 1. The number of carbonyl (C=O) groups excluding carboxylic acids is 1. The number of amides is 1. The van der Waals surface area contributed by atoms with Crippen molar-refractivity contribution >= 4 is 29.0 Å². The monoisotopic (exact) mass is 288 g/mol. The molecule has 0 unspecified atom stereocenters. The van der Waals surface area contributed by atoms with E-state index in [0.29, 0.717) is 11.4 Å². The number of carbonyl (C=O) groups is 1. The van der Waals surface area contributed by atoms with Gasteiger partial charge in [0, 0.05) is 22.7 Å². The average Bonchev–Trinajstić information content (AvgIpc) is 2.47. The summed E-state index contributed by atoms with van der Waals surface area (Å²) in [5, 5.41) is 13.2.